The molecule has 0 spiro atoms. The molecule has 3 heteroatoms. The molecule has 2 aromatic carbocycles. The number of methoxy groups -OCH3 is 1. The highest BCUT2D eigenvalue weighted by Crippen LogP contribution is 2.42. The number of fused-ring (bicyclic) bond motifs is 1. The van der Waals surface area contributed by atoms with Crippen LogP contribution in [0.25, 0.3) is 20.5 Å². The molecule has 0 atom stereocenters. The van der Waals surface area contributed by atoms with E-state index < -0.39 is 0 Å². The van der Waals surface area contributed by atoms with Crippen molar-refractivity contribution in [2.75, 3.05) is 7.11 Å². The highest BCUT2D eigenvalue weighted by molar-refractivity contribution is 9.10. The molecule has 0 saturated carbocycles. The van der Waals surface area contributed by atoms with Gasteiger partial charge in [0.1, 0.15) is 5.75 Å². The van der Waals surface area contributed by atoms with Crippen LogP contribution in [0.4, 0.5) is 0 Å². The maximum Gasteiger partial charge on any atom is 0.119 e. The van der Waals surface area contributed by atoms with E-state index in [0.29, 0.717) is 0 Å². The fourth-order valence-corrected chi connectivity index (χ4v) is 4.00. The van der Waals surface area contributed by atoms with Crippen molar-refractivity contribution >= 4 is 37.4 Å². The number of hydrogen-bond acceptors (Lipinski definition) is 2. The monoisotopic (exact) mass is 318 g/mol. The van der Waals surface area contributed by atoms with Crippen molar-refractivity contribution < 1.29 is 4.74 Å². The van der Waals surface area contributed by atoms with Gasteiger partial charge in [0.05, 0.1) is 7.11 Å². The van der Waals surface area contributed by atoms with Gasteiger partial charge in [0, 0.05) is 19.4 Å². The minimum Gasteiger partial charge on any atom is -0.497 e. The minimum absolute atomic E-state index is 0.886. The number of benzene rings is 2. The highest BCUT2D eigenvalue weighted by atomic mass is 79.9. The Labute approximate surface area is 118 Å². The largest absolute Gasteiger partial charge is 0.497 e. The van der Waals surface area contributed by atoms with E-state index in [-0.39, 0.29) is 0 Å². The van der Waals surface area contributed by atoms with Crippen molar-refractivity contribution in [2.24, 2.45) is 0 Å². The molecule has 0 aliphatic carbocycles. The lowest BCUT2D eigenvalue weighted by Gasteiger charge is -2.02. The number of ether oxygens (including phenoxy) is 1. The van der Waals surface area contributed by atoms with Crippen LogP contribution in [0.5, 0.6) is 5.75 Å². The highest BCUT2D eigenvalue weighted by Gasteiger charge is 2.11. The van der Waals surface area contributed by atoms with E-state index in [4.69, 9.17) is 4.74 Å². The number of rotatable bonds is 2. The van der Waals surface area contributed by atoms with Gasteiger partial charge in [0.15, 0.2) is 0 Å². The molecule has 90 valence electrons. The summed E-state index contributed by atoms with van der Waals surface area (Å²) in [6.45, 7) is 0. The molecule has 0 bridgehead atoms. The summed E-state index contributed by atoms with van der Waals surface area (Å²) < 4.78 is 7.74. The first-order valence-electron chi connectivity index (χ1n) is 5.61. The van der Waals surface area contributed by atoms with E-state index >= 15 is 0 Å². The molecule has 0 aliphatic heterocycles. The van der Waals surface area contributed by atoms with E-state index in [0.717, 1.165) is 10.2 Å². The molecule has 18 heavy (non-hydrogen) atoms. The van der Waals surface area contributed by atoms with Crippen molar-refractivity contribution in [2.45, 2.75) is 0 Å². The second kappa shape index (κ2) is 4.75. The second-order valence-electron chi connectivity index (χ2n) is 3.97. The van der Waals surface area contributed by atoms with Gasteiger partial charge in [-0.2, -0.15) is 0 Å². The molecule has 1 nitrogen and oxygen atoms in total. The second-order valence-corrected chi connectivity index (χ2v) is 5.82. The zero-order valence-electron chi connectivity index (χ0n) is 9.81. The van der Waals surface area contributed by atoms with Crippen LogP contribution in [-0.2, 0) is 0 Å². The van der Waals surface area contributed by atoms with Gasteiger partial charge in [-0.1, -0.05) is 30.3 Å². The van der Waals surface area contributed by atoms with Gasteiger partial charge in [-0.3, -0.25) is 0 Å². The van der Waals surface area contributed by atoms with Crippen molar-refractivity contribution in [3.63, 3.8) is 0 Å². The Morgan fingerprint density at radius 2 is 1.89 bits per heavy atom. The lowest BCUT2D eigenvalue weighted by atomic mass is 10.1. The molecule has 0 N–H and O–H groups in total. The van der Waals surface area contributed by atoms with Crippen molar-refractivity contribution in [3.05, 3.63) is 53.0 Å². The molecular formula is C15H11BrOS. The third-order valence-electron chi connectivity index (χ3n) is 2.87. The average Bonchev–Trinajstić information content (AvgIpc) is 2.77. The first kappa shape index (κ1) is 11.8. The molecule has 0 radical (unpaired) electrons. The number of halogens is 1. The first-order chi connectivity index (χ1) is 8.79. The Morgan fingerprint density at radius 1 is 1.06 bits per heavy atom. The van der Waals surface area contributed by atoms with E-state index in [1.54, 1.807) is 18.4 Å². The molecule has 1 aromatic heterocycles. The predicted octanol–water partition coefficient (Wildman–Crippen LogP) is 5.34. The summed E-state index contributed by atoms with van der Waals surface area (Å²) in [5, 5.41) is 1.26. The standard InChI is InChI=1S/C15H11BrOS/c1-17-11-6-4-5-10(9-11)15-14(16)12-7-2-3-8-13(12)18-15/h2-9H,1H3. The molecule has 0 saturated heterocycles. The van der Waals surface area contributed by atoms with E-state index in [9.17, 15) is 0 Å². The van der Waals surface area contributed by atoms with Crippen molar-refractivity contribution in [1.29, 1.82) is 0 Å². The Balaban J connectivity index is 2.21. The Kier molecular flexibility index (Phi) is 3.10. The fraction of sp³-hybridized carbons (Fsp3) is 0.0667. The quantitative estimate of drug-likeness (QED) is 0.619. The molecule has 3 aromatic rings. The number of thiophene rings is 1. The summed E-state index contributed by atoms with van der Waals surface area (Å²) in [4.78, 5) is 1.25. The SMILES string of the molecule is COc1cccc(-c2sc3ccccc3c2Br)c1. The average molecular weight is 319 g/mol. The topological polar surface area (TPSA) is 9.23 Å². The predicted molar refractivity (Wildman–Crippen MR) is 81.5 cm³/mol. The lowest BCUT2D eigenvalue weighted by Crippen LogP contribution is -1.82. The summed E-state index contributed by atoms with van der Waals surface area (Å²) in [5.41, 5.74) is 1.18. The van der Waals surface area contributed by atoms with E-state index in [1.165, 1.54) is 20.5 Å². The van der Waals surface area contributed by atoms with Crippen LogP contribution >= 0.6 is 27.3 Å². The van der Waals surface area contributed by atoms with Crippen LogP contribution in [0.2, 0.25) is 0 Å². The molecule has 0 aliphatic rings. The third-order valence-corrected chi connectivity index (χ3v) is 5.17. The molecule has 0 fully saturated rings. The molecule has 0 unspecified atom stereocenters. The van der Waals surface area contributed by atoms with Gasteiger partial charge < -0.3 is 4.74 Å². The van der Waals surface area contributed by atoms with Crippen molar-refractivity contribution in [1.82, 2.24) is 0 Å². The van der Waals surface area contributed by atoms with Gasteiger partial charge in [-0.25, -0.2) is 0 Å². The van der Waals surface area contributed by atoms with Crippen LogP contribution < -0.4 is 4.74 Å². The van der Waals surface area contributed by atoms with Crippen molar-refractivity contribution in [3.8, 4) is 16.2 Å². The van der Waals surface area contributed by atoms with Gasteiger partial charge in [0.25, 0.3) is 0 Å². The maximum absolute atomic E-state index is 5.28. The molecule has 3 rings (SSSR count). The smallest absolute Gasteiger partial charge is 0.119 e. The molecular weight excluding hydrogens is 308 g/mol. The maximum atomic E-state index is 5.28. The van der Waals surface area contributed by atoms with Gasteiger partial charge in [0.2, 0.25) is 0 Å². The lowest BCUT2D eigenvalue weighted by molar-refractivity contribution is 0.415. The van der Waals surface area contributed by atoms with Gasteiger partial charge >= 0.3 is 0 Å². The van der Waals surface area contributed by atoms with Gasteiger partial charge in [-0.15, -0.1) is 11.3 Å². The first-order valence-corrected chi connectivity index (χ1v) is 7.22. The van der Waals surface area contributed by atoms with Gasteiger partial charge in [-0.05, 0) is 39.7 Å². The van der Waals surface area contributed by atoms with Crippen LogP contribution in [0.1, 0.15) is 0 Å². The number of hydrogen-bond donors (Lipinski definition) is 0. The zero-order chi connectivity index (χ0) is 12.5. The summed E-state index contributed by atoms with van der Waals surface area (Å²) in [6, 6.07) is 16.6. The van der Waals surface area contributed by atoms with Crippen LogP contribution in [0, 0.1) is 0 Å². The van der Waals surface area contributed by atoms with E-state index in [2.05, 4.69) is 52.3 Å². The van der Waals surface area contributed by atoms with E-state index in [1.807, 2.05) is 12.1 Å². The Bertz CT molecular complexity index is 703. The summed E-state index contributed by atoms with van der Waals surface area (Å²) in [7, 11) is 1.69. The Morgan fingerprint density at radius 3 is 2.67 bits per heavy atom. The van der Waals surface area contributed by atoms with Crippen LogP contribution in [0.3, 0.4) is 0 Å². The normalized spacial score (nSPS) is 10.8. The summed E-state index contributed by atoms with van der Waals surface area (Å²) >= 11 is 5.50. The fourth-order valence-electron chi connectivity index (χ4n) is 1.96. The summed E-state index contributed by atoms with van der Waals surface area (Å²) in [5.74, 6) is 0.886. The van der Waals surface area contributed by atoms with Crippen LogP contribution in [0.15, 0.2) is 53.0 Å². The summed E-state index contributed by atoms with van der Waals surface area (Å²) in [6.07, 6.45) is 0. The Hall–Kier alpha value is -1.32. The third kappa shape index (κ3) is 1.93. The zero-order valence-corrected chi connectivity index (χ0v) is 12.2. The van der Waals surface area contributed by atoms with Crippen LogP contribution in [-0.4, -0.2) is 7.11 Å². The minimum atomic E-state index is 0.886. The molecule has 1 heterocycles. The molecule has 0 amide bonds.